The summed E-state index contributed by atoms with van der Waals surface area (Å²) in [7, 11) is 1.31. The first-order valence-electron chi connectivity index (χ1n) is 6.50. The molecule has 0 saturated heterocycles. The third kappa shape index (κ3) is 2.59. The van der Waals surface area contributed by atoms with Gasteiger partial charge < -0.3 is 10.1 Å². The zero-order valence-electron chi connectivity index (χ0n) is 11.4. The van der Waals surface area contributed by atoms with Gasteiger partial charge in [-0.3, -0.25) is 0 Å². The van der Waals surface area contributed by atoms with Crippen molar-refractivity contribution in [3.63, 3.8) is 0 Å². The second-order valence-corrected chi connectivity index (χ2v) is 4.60. The van der Waals surface area contributed by atoms with Crippen LogP contribution in [-0.4, -0.2) is 34.6 Å². The van der Waals surface area contributed by atoms with E-state index in [-0.39, 0.29) is 5.69 Å². The maximum Gasteiger partial charge on any atom is 0.357 e. The number of fused-ring (bicyclic) bond motifs is 1. The second kappa shape index (κ2) is 5.53. The lowest BCUT2D eigenvalue weighted by atomic mass is 10.0. The van der Waals surface area contributed by atoms with Crippen LogP contribution < -0.4 is 5.32 Å². The number of carbonyl (C=O) groups is 1. The van der Waals surface area contributed by atoms with Crippen molar-refractivity contribution >= 4 is 5.97 Å². The number of carbonyl (C=O) groups excluding carboxylic acids is 1. The molecule has 0 bridgehead atoms. The Morgan fingerprint density at radius 2 is 2.24 bits per heavy atom. The van der Waals surface area contributed by atoms with Crippen LogP contribution in [0.1, 0.15) is 21.7 Å². The summed E-state index contributed by atoms with van der Waals surface area (Å²) in [5, 5.41) is 3.17. The van der Waals surface area contributed by atoms with Gasteiger partial charge in [0.25, 0.3) is 0 Å². The Morgan fingerprint density at radius 1 is 1.38 bits per heavy atom. The normalized spacial score (nSPS) is 13.6. The number of rotatable bonds is 2. The first-order chi connectivity index (χ1) is 10.2. The van der Waals surface area contributed by atoms with E-state index in [1.807, 2.05) is 0 Å². The Hall–Kier alpha value is -2.41. The van der Waals surface area contributed by atoms with Crippen molar-refractivity contribution in [2.75, 3.05) is 13.7 Å². The van der Waals surface area contributed by atoms with Gasteiger partial charge in [0.05, 0.1) is 19.0 Å². The number of hydrogen-bond acceptors (Lipinski definition) is 6. The van der Waals surface area contributed by atoms with Crippen LogP contribution in [0.2, 0.25) is 0 Å². The van der Waals surface area contributed by atoms with Crippen LogP contribution in [0.25, 0.3) is 11.5 Å². The lowest BCUT2D eigenvalue weighted by molar-refractivity contribution is 0.0592. The fraction of sp³-hybridized carbons (Fsp3) is 0.286. The summed E-state index contributed by atoms with van der Waals surface area (Å²) in [5.74, 6) is -0.647. The smallest absolute Gasteiger partial charge is 0.357 e. The Kier molecular flexibility index (Phi) is 3.57. The Balaban J connectivity index is 2.13. The van der Waals surface area contributed by atoms with Gasteiger partial charge in [-0.2, -0.15) is 0 Å². The van der Waals surface area contributed by atoms with E-state index in [1.54, 1.807) is 0 Å². The number of esters is 1. The molecule has 7 heteroatoms. The quantitative estimate of drug-likeness (QED) is 0.834. The molecule has 1 aliphatic heterocycles. The Morgan fingerprint density at radius 3 is 2.95 bits per heavy atom. The monoisotopic (exact) mass is 288 g/mol. The molecule has 6 nitrogen and oxygen atoms in total. The molecular weight excluding hydrogens is 275 g/mol. The minimum absolute atomic E-state index is 0.232. The van der Waals surface area contributed by atoms with Crippen molar-refractivity contribution in [1.29, 1.82) is 0 Å². The molecular formula is C14H13FN4O2. The molecule has 0 aliphatic carbocycles. The van der Waals surface area contributed by atoms with Crippen LogP contribution in [0.5, 0.6) is 0 Å². The average molecular weight is 288 g/mol. The largest absolute Gasteiger partial charge is 0.464 e. The molecule has 0 saturated carbocycles. The van der Waals surface area contributed by atoms with Crippen LogP contribution >= 0.6 is 0 Å². The first kappa shape index (κ1) is 13.6. The molecule has 108 valence electrons. The van der Waals surface area contributed by atoms with Crippen molar-refractivity contribution in [2.24, 2.45) is 0 Å². The molecule has 0 amide bonds. The van der Waals surface area contributed by atoms with Gasteiger partial charge in [-0.15, -0.1) is 0 Å². The average Bonchev–Trinajstić information content (AvgIpc) is 2.53. The number of halogens is 1. The van der Waals surface area contributed by atoms with E-state index in [9.17, 15) is 9.18 Å². The van der Waals surface area contributed by atoms with Gasteiger partial charge in [-0.25, -0.2) is 24.1 Å². The number of aromatic nitrogens is 3. The van der Waals surface area contributed by atoms with Crippen LogP contribution in [0.15, 0.2) is 18.3 Å². The zero-order valence-corrected chi connectivity index (χ0v) is 11.4. The molecule has 0 unspecified atom stereocenters. The lowest BCUT2D eigenvalue weighted by Gasteiger charge is -2.18. The molecule has 3 heterocycles. The van der Waals surface area contributed by atoms with Crippen LogP contribution in [0, 0.1) is 5.82 Å². The number of methoxy groups -OCH3 is 1. The maximum absolute atomic E-state index is 13.0. The minimum atomic E-state index is -0.513. The molecule has 1 aliphatic rings. The van der Waals surface area contributed by atoms with Crippen LogP contribution in [0.3, 0.4) is 0 Å². The lowest BCUT2D eigenvalue weighted by Crippen LogP contribution is -2.28. The summed E-state index contributed by atoms with van der Waals surface area (Å²) in [5.41, 5.74) is 2.20. The van der Waals surface area contributed by atoms with E-state index in [1.165, 1.54) is 19.2 Å². The Labute approximate surface area is 120 Å². The highest BCUT2D eigenvalue weighted by atomic mass is 19.1. The molecule has 0 atom stereocenters. The van der Waals surface area contributed by atoms with Crippen molar-refractivity contribution in [3.8, 4) is 11.5 Å². The fourth-order valence-corrected chi connectivity index (χ4v) is 2.23. The number of nitrogens with one attached hydrogen (secondary N) is 1. The van der Waals surface area contributed by atoms with Gasteiger partial charge in [-0.05, 0) is 12.1 Å². The maximum atomic E-state index is 13.0. The highest BCUT2D eigenvalue weighted by Crippen LogP contribution is 2.21. The molecule has 0 aromatic carbocycles. The predicted octanol–water partition coefficient (Wildman–Crippen LogP) is 1.11. The standard InChI is InChI=1S/C14H13FN4O2/c1-21-14(20)12-9-7-16-5-4-10(9)18-13(19-12)11-3-2-8(15)6-17-11/h2-3,6,16H,4-5,7H2,1H3. The van der Waals surface area contributed by atoms with E-state index in [0.717, 1.165) is 24.0 Å². The highest BCUT2D eigenvalue weighted by Gasteiger charge is 2.23. The van der Waals surface area contributed by atoms with Crippen molar-refractivity contribution < 1.29 is 13.9 Å². The van der Waals surface area contributed by atoms with Crippen molar-refractivity contribution in [1.82, 2.24) is 20.3 Å². The van der Waals surface area contributed by atoms with E-state index in [0.29, 0.717) is 24.5 Å². The van der Waals surface area contributed by atoms with E-state index in [2.05, 4.69) is 20.3 Å². The van der Waals surface area contributed by atoms with E-state index < -0.39 is 11.8 Å². The van der Waals surface area contributed by atoms with Gasteiger partial charge in [0, 0.05) is 25.1 Å². The Bertz CT molecular complexity index is 688. The number of hydrogen-bond donors (Lipinski definition) is 1. The number of pyridine rings is 1. The minimum Gasteiger partial charge on any atom is -0.464 e. The van der Waals surface area contributed by atoms with Crippen LogP contribution in [0.4, 0.5) is 4.39 Å². The molecule has 0 spiro atoms. The van der Waals surface area contributed by atoms with Gasteiger partial charge in [0.15, 0.2) is 11.5 Å². The molecule has 1 N–H and O–H groups in total. The fourth-order valence-electron chi connectivity index (χ4n) is 2.23. The van der Waals surface area contributed by atoms with Gasteiger partial charge in [-0.1, -0.05) is 0 Å². The molecule has 0 radical (unpaired) electrons. The SMILES string of the molecule is COC(=O)c1nc(-c2ccc(F)cn2)nc2c1CNCC2. The first-order valence-corrected chi connectivity index (χ1v) is 6.50. The van der Waals surface area contributed by atoms with Crippen LogP contribution in [-0.2, 0) is 17.7 Å². The van der Waals surface area contributed by atoms with Crippen molar-refractivity contribution in [2.45, 2.75) is 13.0 Å². The topological polar surface area (TPSA) is 77.0 Å². The number of ether oxygens (including phenoxy) is 1. The highest BCUT2D eigenvalue weighted by molar-refractivity contribution is 5.89. The third-order valence-electron chi connectivity index (χ3n) is 3.27. The van der Waals surface area contributed by atoms with Gasteiger partial charge >= 0.3 is 5.97 Å². The second-order valence-electron chi connectivity index (χ2n) is 4.60. The molecule has 0 fully saturated rings. The molecule has 3 rings (SSSR count). The third-order valence-corrected chi connectivity index (χ3v) is 3.27. The molecule has 2 aromatic heterocycles. The molecule has 2 aromatic rings. The summed E-state index contributed by atoms with van der Waals surface area (Å²) >= 11 is 0. The summed E-state index contributed by atoms with van der Waals surface area (Å²) in [6.07, 6.45) is 1.79. The van der Waals surface area contributed by atoms with E-state index >= 15 is 0 Å². The van der Waals surface area contributed by atoms with Gasteiger partial charge in [0.2, 0.25) is 0 Å². The summed E-state index contributed by atoms with van der Waals surface area (Å²) in [6, 6.07) is 2.77. The van der Waals surface area contributed by atoms with Gasteiger partial charge in [0.1, 0.15) is 11.5 Å². The summed E-state index contributed by atoms with van der Waals surface area (Å²) in [4.78, 5) is 24.6. The predicted molar refractivity (Wildman–Crippen MR) is 72.0 cm³/mol. The van der Waals surface area contributed by atoms with E-state index in [4.69, 9.17) is 4.74 Å². The number of nitrogens with zero attached hydrogens (tertiary/aromatic N) is 3. The van der Waals surface area contributed by atoms with Crippen molar-refractivity contribution in [3.05, 3.63) is 41.1 Å². The molecule has 21 heavy (non-hydrogen) atoms. The zero-order chi connectivity index (χ0) is 14.8. The summed E-state index contributed by atoms with van der Waals surface area (Å²) < 4.78 is 17.7. The summed E-state index contributed by atoms with van der Waals surface area (Å²) in [6.45, 7) is 1.30.